The van der Waals surface area contributed by atoms with Gasteiger partial charge in [0.15, 0.2) is 0 Å². The molecule has 2 aliphatic heterocycles. The number of rotatable bonds is 6. The lowest BCUT2D eigenvalue weighted by Crippen LogP contribution is -2.45. The minimum absolute atomic E-state index is 0.0276. The minimum atomic E-state index is -0.353. The summed E-state index contributed by atoms with van der Waals surface area (Å²) in [5, 5.41) is 2.85. The Kier molecular flexibility index (Phi) is 4.35. The molecule has 5 fully saturated rings. The van der Waals surface area contributed by atoms with E-state index in [1.807, 2.05) is 22.7 Å². The fraction of sp³-hybridized carbons (Fsp3) is 0.519. The van der Waals surface area contributed by atoms with Crippen LogP contribution in [-0.2, 0) is 10.2 Å². The van der Waals surface area contributed by atoms with E-state index >= 15 is 0 Å². The fourth-order valence-electron chi connectivity index (χ4n) is 6.11. The van der Waals surface area contributed by atoms with Crippen molar-refractivity contribution in [3.63, 3.8) is 0 Å². The van der Waals surface area contributed by atoms with E-state index in [2.05, 4.69) is 19.2 Å². The van der Waals surface area contributed by atoms with Crippen LogP contribution in [0, 0.1) is 5.92 Å². The smallest absolute Gasteiger partial charge is 0.274 e. The van der Waals surface area contributed by atoms with Gasteiger partial charge in [0.25, 0.3) is 11.5 Å². The molecule has 8 rings (SSSR count). The fourth-order valence-corrected chi connectivity index (χ4v) is 6.11. The number of nitrogens with one attached hydrogen (secondary N) is 1. The Morgan fingerprint density at radius 2 is 2.09 bits per heavy atom. The number of hydrogen-bond donors (Lipinski definition) is 1. The number of pyridine rings is 2. The highest BCUT2D eigenvalue weighted by atomic mass is 16.5. The molecule has 3 saturated carbocycles. The lowest BCUT2D eigenvalue weighted by atomic mass is 9.62. The summed E-state index contributed by atoms with van der Waals surface area (Å²) in [5.74, 6) is 0.647. The number of aromatic nitrogens is 3. The Balaban J connectivity index is 1.23. The van der Waals surface area contributed by atoms with Crippen molar-refractivity contribution in [3.05, 3.63) is 58.4 Å². The maximum absolute atomic E-state index is 13.5. The van der Waals surface area contributed by atoms with Gasteiger partial charge >= 0.3 is 0 Å². The van der Waals surface area contributed by atoms with Crippen molar-refractivity contribution >= 4 is 17.2 Å². The second-order valence-corrected chi connectivity index (χ2v) is 11.4. The molecule has 182 valence electrons. The van der Waals surface area contributed by atoms with E-state index in [1.165, 1.54) is 0 Å². The summed E-state index contributed by atoms with van der Waals surface area (Å²) < 4.78 is 15.8. The molecule has 0 spiro atoms. The van der Waals surface area contributed by atoms with E-state index in [0.29, 0.717) is 23.8 Å². The number of ether oxygens (including phenoxy) is 2. The Bertz CT molecular complexity index is 1410. The van der Waals surface area contributed by atoms with E-state index < -0.39 is 0 Å². The SMILES string of the molecule is C[C@@H]1C[C@@H]1n1cccc(NC(=O)c2cn3cc(C45COC(C)(C4)C5)nc3cc2OC2CCC2)c1=O. The van der Waals surface area contributed by atoms with Crippen molar-refractivity contribution in [3.8, 4) is 5.75 Å². The number of fused-ring (bicyclic) bond motifs is 2. The summed E-state index contributed by atoms with van der Waals surface area (Å²) in [7, 11) is 0. The van der Waals surface area contributed by atoms with Crippen LogP contribution in [0.5, 0.6) is 5.75 Å². The lowest BCUT2D eigenvalue weighted by molar-refractivity contribution is 0.0154. The molecule has 1 N–H and O–H groups in total. The van der Waals surface area contributed by atoms with Gasteiger partial charge in [-0.05, 0) is 63.5 Å². The molecule has 0 unspecified atom stereocenters. The first-order valence-electron chi connectivity index (χ1n) is 12.7. The second kappa shape index (κ2) is 7.20. The van der Waals surface area contributed by atoms with Gasteiger partial charge in [-0.3, -0.25) is 9.59 Å². The average molecular weight is 475 g/mol. The molecule has 8 nitrogen and oxygen atoms in total. The summed E-state index contributed by atoms with van der Waals surface area (Å²) in [6.45, 7) is 4.97. The molecule has 0 radical (unpaired) electrons. The summed E-state index contributed by atoms with van der Waals surface area (Å²) in [5.41, 5.74) is 2.22. The monoisotopic (exact) mass is 474 g/mol. The molecule has 2 atom stereocenters. The summed E-state index contributed by atoms with van der Waals surface area (Å²) >= 11 is 0. The molecular formula is C27H30N4O4. The summed E-state index contributed by atoms with van der Waals surface area (Å²) in [6.07, 6.45) is 11.7. The van der Waals surface area contributed by atoms with E-state index in [0.717, 1.165) is 49.9 Å². The van der Waals surface area contributed by atoms with Crippen LogP contribution in [0.15, 0.2) is 41.6 Å². The topological polar surface area (TPSA) is 86.9 Å². The molecule has 3 aromatic rings. The molecule has 3 aliphatic carbocycles. The van der Waals surface area contributed by atoms with Crippen LogP contribution >= 0.6 is 0 Å². The zero-order valence-electron chi connectivity index (χ0n) is 20.1. The normalized spacial score (nSPS) is 31.1. The first kappa shape index (κ1) is 21.2. The van der Waals surface area contributed by atoms with E-state index in [-0.39, 0.29) is 40.3 Å². The quantitative estimate of drug-likeness (QED) is 0.582. The third-order valence-corrected chi connectivity index (χ3v) is 8.46. The number of anilines is 1. The van der Waals surface area contributed by atoms with Gasteiger partial charge in [-0.15, -0.1) is 0 Å². The van der Waals surface area contributed by atoms with Gasteiger partial charge in [-0.25, -0.2) is 4.98 Å². The van der Waals surface area contributed by atoms with Crippen LogP contribution in [0.2, 0.25) is 0 Å². The molecule has 5 heterocycles. The highest BCUT2D eigenvalue weighted by Gasteiger charge is 2.61. The molecule has 0 aromatic carbocycles. The molecule has 2 saturated heterocycles. The number of carbonyl (C=O) groups is 1. The number of carbonyl (C=O) groups excluding carboxylic acids is 1. The third kappa shape index (κ3) is 3.33. The zero-order chi connectivity index (χ0) is 23.9. The molecule has 8 heteroatoms. The molecule has 2 bridgehead atoms. The van der Waals surface area contributed by atoms with Crippen molar-refractivity contribution < 1.29 is 14.3 Å². The van der Waals surface area contributed by atoms with E-state index in [1.54, 1.807) is 23.0 Å². The van der Waals surface area contributed by atoms with Crippen molar-refractivity contribution in [2.24, 2.45) is 5.92 Å². The van der Waals surface area contributed by atoms with Crippen LogP contribution < -0.4 is 15.6 Å². The summed E-state index contributed by atoms with van der Waals surface area (Å²) in [4.78, 5) is 31.4. The zero-order valence-corrected chi connectivity index (χ0v) is 20.1. The van der Waals surface area contributed by atoms with Gasteiger partial charge < -0.3 is 23.8 Å². The molecule has 3 aromatic heterocycles. The first-order valence-corrected chi connectivity index (χ1v) is 12.7. The van der Waals surface area contributed by atoms with Crippen LogP contribution in [0.3, 0.4) is 0 Å². The van der Waals surface area contributed by atoms with Crippen LogP contribution in [0.4, 0.5) is 5.69 Å². The molecule has 5 aliphatic rings. The van der Waals surface area contributed by atoms with Crippen LogP contribution in [0.25, 0.3) is 5.65 Å². The Labute approximate surface area is 203 Å². The number of imidazole rings is 1. The highest BCUT2D eigenvalue weighted by molar-refractivity contribution is 6.06. The van der Waals surface area contributed by atoms with E-state index in [4.69, 9.17) is 14.5 Å². The Hall–Kier alpha value is -3.13. The predicted octanol–water partition coefficient (Wildman–Crippen LogP) is 4.08. The number of nitrogens with zero attached hydrogens (tertiary/aromatic N) is 3. The predicted molar refractivity (Wildman–Crippen MR) is 130 cm³/mol. The van der Waals surface area contributed by atoms with Gasteiger partial charge in [0, 0.05) is 36.1 Å². The minimum Gasteiger partial charge on any atom is -0.489 e. The molecule has 1 amide bonds. The van der Waals surface area contributed by atoms with E-state index in [9.17, 15) is 9.59 Å². The third-order valence-electron chi connectivity index (χ3n) is 8.46. The van der Waals surface area contributed by atoms with Crippen molar-refractivity contribution in [2.45, 2.75) is 75.5 Å². The van der Waals surface area contributed by atoms with Crippen LogP contribution in [-0.4, -0.2) is 38.2 Å². The van der Waals surface area contributed by atoms with Gasteiger partial charge in [0.05, 0.1) is 29.6 Å². The summed E-state index contributed by atoms with van der Waals surface area (Å²) in [6, 6.07) is 5.55. The lowest BCUT2D eigenvalue weighted by Gasteiger charge is -2.41. The Morgan fingerprint density at radius 1 is 1.29 bits per heavy atom. The average Bonchev–Trinajstić information content (AvgIpc) is 3.10. The first-order chi connectivity index (χ1) is 16.8. The van der Waals surface area contributed by atoms with Crippen molar-refractivity contribution in [1.29, 1.82) is 0 Å². The van der Waals surface area contributed by atoms with Gasteiger partial charge in [0.1, 0.15) is 17.1 Å². The standard InChI is InChI=1S/C27H30N4O4/c1-16-9-20(16)31-8-4-7-19(25(31)33)28-24(32)18-11-30-12-22(27-13-26(2,14-27)34-15-27)29-23(30)10-21(18)35-17-5-3-6-17/h4,7-8,10-12,16-17,20H,3,5-6,9,13-15H2,1-2H3,(H,28,32)/t16-,20+,26?,27?/m1/s1. The number of amides is 1. The molecule has 35 heavy (non-hydrogen) atoms. The van der Waals surface area contributed by atoms with Gasteiger partial charge in [-0.2, -0.15) is 0 Å². The number of hydrogen-bond acceptors (Lipinski definition) is 5. The second-order valence-electron chi connectivity index (χ2n) is 11.4. The van der Waals surface area contributed by atoms with Crippen molar-refractivity contribution in [2.75, 3.05) is 11.9 Å². The largest absolute Gasteiger partial charge is 0.489 e. The van der Waals surface area contributed by atoms with Gasteiger partial charge in [0.2, 0.25) is 0 Å². The maximum atomic E-state index is 13.5. The Morgan fingerprint density at radius 3 is 2.74 bits per heavy atom. The molecular weight excluding hydrogens is 444 g/mol. The highest BCUT2D eigenvalue weighted by Crippen LogP contribution is 2.58. The van der Waals surface area contributed by atoms with Gasteiger partial charge in [-0.1, -0.05) is 6.92 Å². The maximum Gasteiger partial charge on any atom is 0.274 e. The van der Waals surface area contributed by atoms with Crippen molar-refractivity contribution in [1.82, 2.24) is 14.0 Å². The van der Waals surface area contributed by atoms with Crippen LogP contribution in [0.1, 0.15) is 74.5 Å².